The number of carbonyl (C=O) groups is 2. The first kappa shape index (κ1) is 12.1. The zero-order valence-corrected chi connectivity index (χ0v) is 9.88. The summed E-state index contributed by atoms with van der Waals surface area (Å²) < 4.78 is 1.63. The molecule has 6 heteroatoms. The van der Waals surface area contributed by atoms with Crippen LogP contribution < -0.4 is 5.32 Å². The second-order valence-electron chi connectivity index (χ2n) is 3.83. The van der Waals surface area contributed by atoms with Gasteiger partial charge in [-0.1, -0.05) is 0 Å². The van der Waals surface area contributed by atoms with E-state index in [9.17, 15) is 9.59 Å². The van der Waals surface area contributed by atoms with Crippen LogP contribution in [0.15, 0.2) is 24.5 Å². The highest BCUT2D eigenvalue weighted by Crippen LogP contribution is 2.15. The van der Waals surface area contributed by atoms with Gasteiger partial charge in [0, 0.05) is 6.54 Å². The number of rotatable bonds is 4. The predicted molar refractivity (Wildman–Crippen MR) is 65.4 cm³/mol. The summed E-state index contributed by atoms with van der Waals surface area (Å²) in [6.45, 7) is 2.53. The number of carboxylic acids is 1. The monoisotopic (exact) mass is 247 g/mol. The molecule has 0 unspecified atom stereocenters. The smallest absolute Gasteiger partial charge is 0.335 e. The van der Waals surface area contributed by atoms with E-state index < -0.39 is 5.97 Å². The Kier molecular flexibility index (Phi) is 3.27. The molecule has 0 aliphatic carbocycles. The second-order valence-corrected chi connectivity index (χ2v) is 3.83. The van der Waals surface area contributed by atoms with E-state index in [0.29, 0.717) is 17.6 Å². The van der Waals surface area contributed by atoms with Crippen molar-refractivity contribution in [1.29, 1.82) is 0 Å². The molecule has 1 amide bonds. The third-order valence-corrected chi connectivity index (χ3v) is 2.56. The maximum atomic E-state index is 11.5. The van der Waals surface area contributed by atoms with Crippen LogP contribution >= 0.6 is 0 Å². The summed E-state index contributed by atoms with van der Waals surface area (Å²) in [6, 6.07) is 4.64. The fourth-order valence-electron chi connectivity index (χ4n) is 1.72. The molecule has 0 bridgehead atoms. The average Bonchev–Trinajstić information content (AvgIpc) is 2.72. The number of carbonyl (C=O) groups excluding carboxylic acids is 1. The van der Waals surface area contributed by atoms with Gasteiger partial charge in [0.1, 0.15) is 6.54 Å². The van der Waals surface area contributed by atoms with Gasteiger partial charge in [0.15, 0.2) is 0 Å². The number of imidazole rings is 1. The summed E-state index contributed by atoms with van der Waals surface area (Å²) in [5.41, 5.74) is 1.49. The quantitative estimate of drug-likeness (QED) is 0.839. The van der Waals surface area contributed by atoms with E-state index in [0.717, 1.165) is 0 Å². The third kappa shape index (κ3) is 2.32. The lowest BCUT2D eigenvalue weighted by atomic mass is 10.2. The lowest BCUT2D eigenvalue weighted by Gasteiger charge is -2.04. The Morgan fingerprint density at radius 2 is 2.22 bits per heavy atom. The maximum Gasteiger partial charge on any atom is 0.335 e. The number of nitrogens with one attached hydrogen (secondary N) is 1. The molecule has 0 fully saturated rings. The molecule has 2 N–H and O–H groups in total. The number of aromatic nitrogens is 2. The molecule has 1 aromatic carbocycles. The Bertz CT molecular complexity index is 604. The predicted octanol–water partition coefficient (Wildman–Crippen LogP) is 0.871. The largest absolute Gasteiger partial charge is 0.478 e. The highest BCUT2D eigenvalue weighted by atomic mass is 16.4. The standard InChI is InChI=1S/C12H13N3O3/c1-2-13-11(16)6-15-7-14-9-4-3-8(12(17)18)5-10(9)15/h3-5,7H,2,6H2,1H3,(H,13,16)(H,17,18). The van der Waals surface area contributed by atoms with Crippen LogP contribution in [-0.4, -0.2) is 33.1 Å². The minimum atomic E-state index is -0.998. The van der Waals surface area contributed by atoms with Gasteiger partial charge in [-0.15, -0.1) is 0 Å². The number of nitrogens with zero attached hydrogens (tertiary/aromatic N) is 2. The van der Waals surface area contributed by atoms with Crippen molar-refractivity contribution in [1.82, 2.24) is 14.9 Å². The number of hydrogen-bond donors (Lipinski definition) is 2. The van der Waals surface area contributed by atoms with Gasteiger partial charge in [-0.2, -0.15) is 0 Å². The molecule has 0 aliphatic heterocycles. The average molecular weight is 247 g/mol. The fourth-order valence-corrected chi connectivity index (χ4v) is 1.72. The van der Waals surface area contributed by atoms with Gasteiger partial charge in [0.05, 0.1) is 22.9 Å². The SMILES string of the molecule is CCNC(=O)Cn1cnc2ccc(C(=O)O)cc21. The lowest BCUT2D eigenvalue weighted by Crippen LogP contribution is -2.26. The van der Waals surface area contributed by atoms with Crippen molar-refractivity contribution in [3.05, 3.63) is 30.1 Å². The normalized spacial score (nSPS) is 10.5. The van der Waals surface area contributed by atoms with Gasteiger partial charge < -0.3 is 15.0 Å². The topological polar surface area (TPSA) is 84.2 Å². The third-order valence-electron chi connectivity index (χ3n) is 2.56. The molecule has 0 saturated heterocycles. The Hall–Kier alpha value is -2.37. The summed E-state index contributed by atoms with van der Waals surface area (Å²) in [5, 5.41) is 11.6. The molecular weight excluding hydrogens is 234 g/mol. The highest BCUT2D eigenvalue weighted by molar-refractivity contribution is 5.92. The van der Waals surface area contributed by atoms with E-state index in [1.54, 1.807) is 10.6 Å². The van der Waals surface area contributed by atoms with Gasteiger partial charge in [-0.25, -0.2) is 9.78 Å². The summed E-state index contributed by atoms with van der Waals surface area (Å²) in [5.74, 6) is -1.12. The van der Waals surface area contributed by atoms with Crippen LogP contribution in [0.1, 0.15) is 17.3 Å². The molecule has 2 rings (SSSR count). The Labute approximate surface area is 103 Å². The molecule has 1 heterocycles. The van der Waals surface area contributed by atoms with Crippen LogP contribution in [0.2, 0.25) is 0 Å². The summed E-state index contributed by atoms with van der Waals surface area (Å²) >= 11 is 0. The first-order valence-corrected chi connectivity index (χ1v) is 5.56. The number of amides is 1. The van der Waals surface area contributed by atoms with Crippen molar-refractivity contribution < 1.29 is 14.7 Å². The van der Waals surface area contributed by atoms with E-state index in [1.807, 2.05) is 6.92 Å². The number of aromatic carboxylic acids is 1. The van der Waals surface area contributed by atoms with E-state index in [1.165, 1.54) is 18.5 Å². The first-order chi connectivity index (χ1) is 8.61. The van der Waals surface area contributed by atoms with Crippen molar-refractivity contribution in [2.24, 2.45) is 0 Å². The van der Waals surface area contributed by atoms with E-state index in [-0.39, 0.29) is 18.0 Å². The van der Waals surface area contributed by atoms with Crippen LogP contribution in [0.25, 0.3) is 11.0 Å². The van der Waals surface area contributed by atoms with Crippen molar-refractivity contribution >= 4 is 22.9 Å². The Balaban J connectivity index is 2.36. The number of hydrogen-bond acceptors (Lipinski definition) is 3. The lowest BCUT2D eigenvalue weighted by molar-refractivity contribution is -0.121. The van der Waals surface area contributed by atoms with Gasteiger partial charge in [-0.05, 0) is 25.1 Å². The summed E-state index contributed by atoms with van der Waals surface area (Å²) in [4.78, 5) is 26.5. The highest BCUT2D eigenvalue weighted by Gasteiger charge is 2.09. The second kappa shape index (κ2) is 4.87. The van der Waals surface area contributed by atoms with E-state index in [2.05, 4.69) is 10.3 Å². The number of likely N-dealkylation sites (N-methyl/N-ethyl adjacent to an activating group) is 1. The van der Waals surface area contributed by atoms with Crippen LogP contribution in [0.4, 0.5) is 0 Å². The molecule has 18 heavy (non-hydrogen) atoms. The molecular formula is C12H13N3O3. The van der Waals surface area contributed by atoms with Crippen LogP contribution in [0, 0.1) is 0 Å². The maximum absolute atomic E-state index is 11.5. The Morgan fingerprint density at radius 3 is 2.89 bits per heavy atom. The molecule has 6 nitrogen and oxygen atoms in total. The van der Waals surface area contributed by atoms with Gasteiger partial charge in [0.25, 0.3) is 0 Å². The zero-order chi connectivity index (χ0) is 13.1. The van der Waals surface area contributed by atoms with Crippen molar-refractivity contribution in [3.63, 3.8) is 0 Å². The van der Waals surface area contributed by atoms with Crippen molar-refractivity contribution in [2.75, 3.05) is 6.54 Å². The molecule has 2 aromatic rings. The molecule has 0 saturated carbocycles. The number of fused-ring (bicyclic) bond motifs is 1. The zero-order valence-electron chi connectivity index (χ0n) is 9.88. The fraction of sp³-hybridized carbons (Fsp3) is 0.250. The van der Waals surface area contributed by atoms with Crippen LogP contribution in [-0.2, 0) is 11.3 Å². The molecule has 0 aliphatic rings. The molecule has 1 aromatic heterocycles. The molecule has 0 atom stereocenters. The van der Waals surface area contributed by atoms with E-state index in [4.69, 9.17) is 5.11 Å². The van der Waals surface area contributed by atoms with Crippen LogP contribution in [0.5, 0.6) is 0 Å². The van der Waals surface area contributed by atoms with Crippen LogP contribution in [0.3, 0.4) is 0 Å². The minimum absolute atomic E-state index is 0.127. The first-order valence-electron chi connectivity index (χ1n) is 5.56. The van der Waals surface area contributed by atoms with Gasteiger partial charge in [0.2, 0.25) is 5.91 Å². The summed E-state index contributed by atoms with van der Waals surface area (Å²) in [7, 11) is 0. The van der Waals surface area contributed by atoms with E-state index >= 15 is 0 Å². The molecule has 0 radical (unpaired) electrons. The van der Waals surface area contributed by atoms with Gasteiger partial charge >= 0.3 is 5.97 Å². The van der Waals surface area contributed by atoms with Crippen molar-refractivity contribution in [2.45, 2.75) is 13.5 Å². The molecule has 0 spiro atoms. The van der Waals surface area contributed by atoms with Gasteiger partial charge in [-0.3, -0.25) is 4.79 Å². The minimum Gasteiger partial charge on any atom is -0.478 e. The van der Waals surface area contributed by atoms with Crippen molar-refractivity contribution in [3.8, 4) is 0 Å². The number of carboxylic acid groups (broad SMARTS) is 1. The summed E-state index contributed by atoms with van der Waals surface area (Å²) in [6.07, 6.45) is 1.53. The number of benzene rings is 1. The Morgan fingerprint density at radius 1 is 1.44 bits per heavy atom. The molecule has 94 valence electrons.